The molecule has 98 valence electrons. The first-order valence-electron chi connectivity index (χ1n) is 5.88. The second kappa shape index (κ2) is 5.76. The molecular weight excluding hydrogens is 262 g/mol. The summed E-state index contributed by atoms with van der Waals surface area (Å²) in [5.74, 6) is 0.0915. The van der Waals surface area contributed by atoms with Crippen molar-refractivity contribution < 1.29 is 9.90 Å². The summed E-state index contributed by atoms with van der Waals surface area (Å²) in [6.07, 6.45) is 0.266. The van der Waals surface area contributed by atoms with Gasteiger partial charge in [-0.25, -0.2) is 0 Å². The van der Waals surface area contributed by atoms with Crippen LogP contribution in [0.15, 0.2) is 42.5 Å². The van der Waals surface area contributed by atoms with E-state index in [2.05, 4.69) is 5.32 Å². The Kier molecular flexibility index (Phi) is 4.07. The zero-order valence-corrected chi connectivity index (χ0v) is 11.2. The number of amides is 1. The molecule has 0 aliphatic heterocycles. The predicted molar refractivity (Wildman–Crippen MR) is 76.6 cm³/mol. The summed E-state index contributed by atoms with van der Waals surface area (Å²) >= 11 is 5.86. The average molecular weight is 276 g/mol. The molecule has 2 N–H and O–H groups in total. The fourth-order valence-corrected chi connectivity index (χ4v) is 1.99. The van der Waals surface area contributed by atoms with Gasteiger partial charge in [0, 0.05) is 10.7 Å². The lowest BCUT2D eigenvalue weighted by atomic mass is 10.1. The van der Waals surface area contributed by atoms with E-state index in [0.29, 0.717) is 5.02 Å². The SMILES string of the molecule is Cc1cc(Cl)ccc1NC(=O)Cc1ccc(O)cc1. The van der Waals surface area contributed by atoms with Crippen molar-refractivity contribution in [3.05, 3.63) is 58.6 Å². The fraction of sp³-hybridized carbons (Fsp3) is 0.133. The summed E-state index contributed by atoms with van der Waals surface area (Å²) in [4.78, 5) is 11.9. The van der Waals surface area contributed by atoms with Crippen LogP contribution in [0.2, 0.25) is 5.02 Å². The first-order valence-corrected chi connectivity index (χ1v) is 6.26. The minimum absolute atomic E-state index is 0.101. The molecule has 0 heterocycles. The maximum atomic E-state index is 11.9. The third-order valence-corrected chi connectivity index (χ3v) is 3.00. The third kappa shape index (κ3) is 3.73. The zero-order valence-electron chi connectivity index (χ0n) is 10.5. The Labute approximate surface area is 116 Å². The predicted octanol–water partition coefficient (Wildman–Crippen LogP) is 3.54. The van der Waals surface area contributed by atoms with Crippen LogP contribution in [0, 0.1) is 6.92 Å². The van der Waals surface area contributed by atoms with Crippen molar-refractivity contribution in [2.75, 3.05) is 5.32 Å². The van der Waals surface area contributed by atoms with Gasteiger partial charge in [0.1, 0.15) is 5.75 Å². The van der Waals surface area contributed by atoms with Crippen molar-refractivity contribution in [2.45, 2.75) is 13.3 Å². The summed E-state index contributed by atoms with van der Waals surface area (Å²) in [7, 11) is 0. The lowest BCUT2D eigenvalue weighted by molar-refractivity contribution is -0.115. The number of aryl methyl sites for hydroxylation is 1. The lowest BCUT2D eigenvalue weighted by Crippen LogP contribution is -2.15. The molecule has 0 spiro atoms. The molecular formula is C15H14ClNO2. The standard InChI is InChI=1S/C15H14ClNO2/c1-10-8-12(16)4-7-14(10)17-15(19)9-11-2-5-13(18)6-3-11/h2-8,18H,9H2,1H3,(H,17,19). The molecule has 0 radical (unpaired) electrons. The molecule has 0 atom stereocenters. The Balaban J connectivity index is 2.03. The normalized spacial score (nSPS) is 10.2. The van der Waals surface area contributed by atoms with Crippen LogP contribution >= 0.6 is 11.6 Å². The highest BCUT2D eigenvalue weighted by atomic mass is 35.5. The Bertz CT molecular complexity index is 594. The Hall–Kier alpha value is -2.00. The van der Waals surface area contributed by atoms with Crippen LogP contribution in [0.25, 0.3) is 0 Å². The minimum atomic E-state index is -0.101. The number of benzene rings is 2. The molecule has 19 heavy (non-hydrogen) atoms. The zero-order chi connectivity index (χ0) is 13.8. The van der Waals surface area contributed by atoms with Crippen molar-refractivity contribution in [3.63, 3.8) is 0 Å². The monoisotopic (exact) mass is 275 g/mol. The molecule has 0 bridgehead atoms. The highest BCUT2D eigenvalue weighted by molar-refractivity contribution is 6.30. The Morgan fingerprint density at radius 1 is 1.21 bits per heavy atom. The van der Waals surface area contributed by atoms with Crippen LogP contribution in [0.3, 0.4) is 0 Å². The van der Waals surface area contributed by atoms with Gasteiger partial charge in [-0.1, -0.05) is 23.7 Å². The van der Waals surface area contributed by atoms with Gasteiger partial charge < -0.3 is 10.4 Å². The molecule has 0 aliphatic rings. The summed E-state index contributed by atoms with van der Waals surface area (Å²) in [5.41, 5.74) is 2.53. The molecule has 4 heteroatoms. The van der Waals surface area contributed by atoms with E-state index >= 15 is 0 Å². The van der Waals surface area contributed by atoms with E-state index in [1.165, 1.54) is 0 Å². The Morgan fingerprint density at radius 2 is 1.89 bits per heavy atom. The van der Waals surface area contributed by atoms with Crippen molar-refractivity contribution in [1.29, 1.82) is 0 Å². The van der Waals surface area contributed by atoms with Crippen LogP contribution in [-0.2, 0) is 11.2 Å². The fourth-order valence-electron chi connectivity index (χ4n) is 1.76. The van der Waals surface area contributed by atoms with Crippen molar-refractivity contribution in [2.24, 2.45) is 0 Å². The van der Waals surface area contributed by atoms with Crippen molar-refractivity contribution in [1.82, 2.24) is 0 Å². The number of nitrogens with one attached hydrogen (secondary N) is 1. The molecule has 0 saturated heterocycles. The van der Waals surface area contributed by atoms with E-state index in [9.17, 15) is 9.90 Å². The highest BCUT2D eigenvalue weighted by Crippen LogP contribution is 2.20. The molecule has 0 saturated carbocycles. The number of hydrogen-bond donors (Lipinski definition) is 2. The topological polar surface area (TPSA) is 49.3 Å². The average Bonchev–Trinajstić information content (AvgIpc) is 2.36. The lowest BCUT2D eigenvalue weighted by Gasteiger charge is -2.08. The van der Waals surface area contributed by atoms with Gasteiger partial charge in [0.05, 0.1) is 6.42 Å². The molecule has 2 aromatic carbocycles. The number of hydrogen-bond acceptors (Lipinski definition) is 2. The van der Waals surface area contributed by atoms with E-state index in [4.69, 9.17) is 11.6 Å². The van der Waals surface area contributed by atoms with Crippen LogP contribution < -0.4 is 5.32 Å². The number of halogens is 1. The molecule has 2 aromatic rings. The number of carbonyl (C=O) groups is 1. The summed E-state index contributed by atoms with van der Waals surface area (Å²) < 4.78 is 0. The van der Waals surface area contributed by atoms with Gasteiger partial charge in [0.2, 0.25) is 5.91 Å². The minimum Gasteiger partial charge on any atom is -0.508 e. The van der Waals surface area contributed by atoms with Gasteiger partial charge in [0.15, 0.2) is 0 Å². The molecule has 1 amide bonds. The number of rotatable bonds is 3. The van der Waals surface area contributed by atoms with Gasteiger partial charge in [-0.2, -0.15) is 0 Å². The Morgan fingerprint density at radius 3 is 2.53 bits per heavy atom. The van der Waals surface area contributed by atoms with Crippen LogP contribution in [0.4, 0.5) is 5.69 Å². The molecule has 3 nitrogen and oxygen atoms in total. The molecule has 0 unspecified atom stereocenters. The van der Waals surface area contributed by atoms with Crippen LogP contribution in [0.5, 0.6) is 5.75 Å². The van der Waals surface area contributed by atoms with E-state index < -0.39 is 0 Å². The molecule has 0 aromatic heterocycles. The van der Waals surface area contributed by atoms with Gasteiger partial charge in [-0.15, -0.1) is 0 Å². The van der Waals surface area contributed by atoms with Gasteiger partial charge >= 0.3 is 0 Å². The van der Waals surface area contributed by atoms with Gasteiger partial charge in [-0.3, -0.25) is 4.79 Å². The number of carbonyl (C=O) groups excluding carboxylic acids is 1. The van der Waals surface area contributed by atoms with Gasteiger partial charge in [-0.05, 0) is 48.4 Å². The van der Waals surface area contributed by atoms with E-state index in [0.717, 1.165) is 16.8 Å². The van der Waals surface area contributed by atoms with E-state index in [-0.39, 0.29) is 18.1 Å². The number of anilines is 1. The van der Waals surface area contributed by atoms with E-state index in [1.54, 1.807) is 42.5 Å². The van der Waals surface area contributed by atoms with Crippen LogP contribution in [0.1, 0.15) is 11.1 Å². The first kappa shape index (κ1) is 13.4. The molecule has 2 rings (SSSR count). The number of phenols is 1. The second-order valence-electron chi connectivity index (χ2n) is 4.35. The second-order valence-corrected chi connectivity index (χ2v) is 4.79. The largest absolute Gasteiger partial charge is 0.508 e. The smallest absolute Gasteiger partial charge is 0.228 e. The summed E-state index contributed by atoms with van der Waals surface area (Å²) in [6, 6.07) is 11.9. The molecule has 0 aliphatic carbocycles. The van der Waals surface area contributed by atoms with Crippen molar-refractivity contribution in [3.8, 4) is 5.75 Å². The van der Waals surface area contributed by atoms with E-state index in [1.807, 2.05) is 6.92 Å². The summed E-state index contributed by atoms with van der Waals surface area (Å²) in [5, 5.41) is 12.7. The highest BCUT2D eigenvalue weighted by Gasteiger charge is 2.06. The third-order valence-electron chi connectivity index (χ3n) is 2.76. The van der Waals surface area contributed by atoms with Crippen LogP contribution in [-0.4, -0.2) is 11.0 Å². The maximum absolute atomic E-state index is 11.9. The quantitative estimate of drug-likeness (QED) is 0.900. The maximum Gasteiger partial charge on any atom is 0.228 e. The number of phenolic OH excluding ortho intramolecular Hbond substituents is 1. The van der Waals surface area contributed by atoms with Gasteiger partial charge in [0.25, 0.3) is 0 Å². The first-order chi connectivity index (χ1) is 9.04. The number of aromatic hydroxyl groups is 1. The molecule has 0 fully saturated rings. The summed E-state index contributed by atoms with van der Waals surface area (Å²) in [6.45, 7) is 1.89. The van der Waals surface area contributed by atoms with Crippen molar-refractivity contribution >= 4 is 23.2 Å².